The lowest BCUT2D eigenvalue weighted by Gasteiger charge is -2.14. The van der Waals surface area contributed by atoms with Crippen LogP contribution in [0.4, 0.5) is 0 Å². The summed E-state index contributed by atoms with van der Waals surface area (Å²) < 4.78 is 5.47. The summed E-state index contributed by atoms with van der Waals surface area (Å²) >= 11 is 0. The molecule has 0 amide bonds. The largest absolute Gasteiger partial charge is 0.490 e. The van der Waals surface area contributed by atoms with Crippen molar-refractivity contribution in [3.8, 4) is 11.8 Å². The fourth-order valence-electron chi connectivity index (χ4n) is 1.30. The highest BCUT2D eigenvalue weighted by Gasteiger charge is 2.10. The molecule has 0 unspecified atom stereocenters. The van der Waals surface area contributed by atoms with Crippen LogP contribution in [0.1, 0.15) is 24.5 Å². The first-order valence-electron chi connectivity index (χ1n) is 4.92. The van der Waals surface area contributed by atoms with E-state index in [0.717, 1.165) is 5.56 Å². The minimum Gasteiger partial charge on any atom is -0.490 e. The van der Waals surface area contributed by atoms with E-state index in [2.05, 4.69) is 0 Å². The Hall–Kier alpha value is -2.02. The van der Waals surface area contributed by atoms with Gasteiger partial charge in [0.1, 0.15) is 11.9 Å². The topological polar surface area (TPSA) is 70.3 Å². The number of carboxylic acid groups (broad SMARTS) is 1. The van der Waals surface area contributed by atoms with Gasteiger partial charge in [0.2, 0.25) is 0 Å². The molecule has 0 fully saturated rings. The first-order chi connectivity index (χ1) is 7.52. The number of nitrogens with zero attached hydrogens (tertiary/aromatic N) is 1. The number of benzene rings is 1. The predicted octanol–water partition coefficient (Wildman–Crippen LogP) is 2.11. The summed E-state index contributed by atoms with van der Waals surface area (Å²) in [4.78, 5) is 10.5. The van der Waals surface area contributed by atoms with Gasteiger partial charge in [-0.15, -0.1) is 0 Å². The predicted molar refractivity (Wildman–Crippen MR) is 58.2 cm³/mol. The number of hydrogen-bond acceptors (Lipinski definition) is 3. The van der Waals surface area contributed by atoms with Gasteiger partial charge in [0.25, 0.3) is 0 Å². The summed E-state index contributed by atoms with van der Waals surface area (Å²) in [6.07, 6.45) is -0.471. The Balaban J connectivity index is 2.80. The zero-order valence-corrected chi connectivity index (χ0v) is 9.23. The molecule has 84 valence electrons. The molecule has 1 aromatic rings. The smallest absolute Gasteiger partial charge is 0.307 e. The highest BCUT2D eigenvalue weighted by molar-refractivity contribution is 5.67. The van der Waals surface area contributed by atoms with Crippen molar-refractivity contribution in [1.82, 2.24) is 0 Å². The SMILES string of the molecule is Cc1ccc(C#N)cc1O[C@@H](C)CC(=O)O. The third-order valence-corrected chi connectivity index (χ3v) is 2.11. The van der Waals surface area contributed by atoms with E-state index in [9.17, 15) is 4.79 Å². The Morgan fingerprint density at radius 1 is 1.62 bits per heavy atom. The summed E-state index contributed by atoms with van der Waals surface area (Å²) in [6, 6.07) is 7.11. The number of aryl methyl sites for hydroxylation is 1. The van der Waals surface area contributed by atoms with Crippen molar-refractivity contribution < 1.29 is 14.6 Å². The molecule has 0 aliphatic rings. The Bertz CT molecular complexity index is 434. The monoisotopic (exact) mass is 219 g/mol. The molecule has 0 aliphatic carbocycles. The molecule has 0 radical (unpaired) electrons. The Morgan fingerprint density at radius 3 is 2.88 bits per heavy atom. The molecule has 4 heteroatoms. The van der Waals surface area contributed by atoms with Crippen LogP contribution in [0.15, 0.2) is 18.2 Å². The third-order valence-electron chi connectivity index (χ3n) is 2.11. The summed E-state index contributed by atoms with van der Waals surface area (Å²) in [5, 5.41) is 17.3. The zero-order valence-electron chi connectivity index (χ0n) is 9.23. The van der Waals surface area contributed by atoms with E-state index in [1.807, 2.05) is 13.0 Å². The molecule has 0 aliphatic heterocycles. The first-order valence-corrected chi connectivity index (χ1v) is 4.92. The second-order valence-electron chi connectivity index (χ2n) is 3.62. The summed E-state index contributed by atoms with van der Waals surface area (Å²) in [7, 11) is 0. The van der Waals surface area contributed by atoms with Crippen molar-refractivity contribution in [2.45, 2.75) is 26.4 Å². The van der Waals surface area contributed by atoms with Gasteiger partial charge in [0.05, 0.1) is 18.1 Å². The van der Waals surface area contributed by atoms with Crippen molar-refractivity contribution in [2.24, 2.45) is 0 Å². The van der Waals surface area contributed by atoms with E-state index in [0.29, 0.717) is 11.3 Å². The number of carbonyl (C=O) groups is 1. The normalized spacial score (nSPS) is 11.6. The van der Waals surface area contributed by atoms with Gasteiger partial charge in [-0.1, -0.05) is 6.07 Å². The third kappa shape index (κ3) is 3.28. The van der Waals surface area contributed by atoms with E-state index in [4.69, 9.17) is 15.1 Å². The second kappa shape index (κ2) is 5.17. The second-order valence-corrected chi connectivity index (χ2v) is 3.62. The maximum absolute atomic E-state index is 10.5. The highest BCUT2D eigenvalue weighted by Crippen LogP contribution is 2.21. The fraction of sp³-hybridized carbons (Fsp3) is 0.333. The number of carboxylic acids is 1. The minimum absolute atomic E-state index is 0.0593. The van der Waals surface area contributed by atoms with Gasteiger partial charge in [-0.05, 0) is 31.5 Å². The Labute approximate surface area is 94.1 Å². The van der Waals surface area contributed by atoms with Crippen molar-refractivity contribution >= 4 is 5.97 Å². The average Bonchev–Trinajstić information content (AvgIpc) is 2.20. The number of ether oxygens (including phenoxy) is 1. The van der Waals surface area contributed by atoms with Crippen molar-refractivity contribution in [1.29, 1.82) is 5.26 Å². The minimum atomic E-state index is -0.901. The molecule has 0 spiro atoms. The molecule has 0 bridgehead atoms. The van der Waals surface area contributed by atoms with Crippen LogP contribution in [-0.4, -0.2) is 17.2 Å². The molecule has 0 saturated carbocycles. The standard InChI is InChI=1S/C12H13NO3/c1-8-3-4-10(7-13)6-11(8)16-9(2)5-12(14)15/h3-4,6,9H,5H2,1-2H3,(H,14,15)/t9-/m0/s1. The van der Waals surface area contributed by atoms with Gasteiger partial charge >= 0.3 is 5.97 Å². The van der Waals surface area contributed by atoms with Gasteiger partial charge < -0.3 is 9.84 Å². The molecule has 4 nitrogen and oxygen atoms in total. The lowest BCUT2D eigenvalue weighted by atomic mass is 10.1. The van der Waals surface area contributed by atoms with Gasteiger partial charge in [-0.3, -0.25) is 4.79 Å². The van der Waals surface area contributed by atoms with Crippen molar-refractivity contribution in [3.05, 3.63) is 29.3 Å². The zero-order chi connectivity index (χ0) is 12.1. The van der Waals surface area contributed by atoms with Crippen LogP contribution in [0.5, 0.6) is 5.75 Å². The lowest BCUT2D eigenvalue weighted by Crippen LogP contribution is -2.17. The number of hydrogen-bond donors (Lipinski definition) is 1. The Morgan fingerprint density at radius 2 is 2.31 bits per heavy atom. The maximum atomic E-state index is 10.5. The van der Waals surface area contributed by atoms with Gasteiger partial charge in [0.15, 0.2) is 0 Å². The number of nitriles is 1. The summed E-state index contributed by atoms with van der Waals surface area (Å²) in [6.45, 7) is 3.54. The van der Waals surface area contributed by atoms with Crippen LogP contribution < -0.4 is 4.74 Å². The van der Waals surface area contributed by atoms with Crippen molar-refractivity contribution in [2.75, 3.05) is 0 Å². The van der Waals surface area contributed by atoms with Crippen LogP contribution >= 0.6 is 0 Å². The molecular formula is C12H13NO3. The molecule has 1 aromatic carbocycles. The van der Waals surface area contributed by atoms with Crippen LogP contribution in [-0.2, 0) is 4.79 Å². The van der Waals surface area contributed by atoms with E-state index in [-0.39, 0.29) is 6.42 Å². The maximum Gasteiger partial charge on any atom is 0.307 e. The number of aliphatic carboxylic acids is 1. The van der Waals surface area contributed by atoms with E-state index >= 15 is 0 Å². The van der Waals surface area contributed by atoms with Gasteiger partial charge in [0, 0.05) is 0 Å². The quantitative estimate of drug-likeness (QED) is 0.841. The summed E-state index contributed by atoms with van der Waals surface area (Å²) in [5.41, 5.74) is 1.39. The van der Waals surface area contributed by atoms with Gasteiger partial charge in [-0.25, -0.2) is 0 Å². The summed E-state index contributed by atoms with van der Waals surface area (Å²) in [5.74, 6) is -0.339. The molecular weight excluding hydrogens is 206 g/mol. The lowest BCUT2D eigenvalue weighted by molar-refractivity contribution is -0.138. The van der Waals surface area contributed by atoms with Crippen LogP contribution in [0.3, 0.4) is 0 Å². The highest BCUT2D eigenvalue weighted by atomic mass is 16.5. The molecule has 1 N–H and O–H groups in total. The van der Waals surface area contributed by atoms with Crippen LogP contribution in [0, 0.1) is 18.3 Å². The Kier molecular flexibility index (Phi) is 3.90. The molecule has 0 aromatic heterocycles. The van der Waals surface area contributed by atoms with Gasteiger partial charge in [-0.2, -0.15) is 5.26 Å². The number of rotatable bonds is 4. The molecule has 1 rings (SSSR count). The van der Waals surface area contributed by atoms with Crippen molar-refractivity contribution in [3.63, 3.8) is 0 Å². The van der Waals surface area contributed by atoms with Crippen LogP contribution in [0.25, 0.3) is 0 Å². The molecule has 1 atom stereocenters. The average molecular weight is 219 g/mol. The van der Waals surface area contributed by atoms with Crippen LogP contribution in [0.2, 0.25) is 0 Å². The molecule has 16 heavy (non-hydrogen) atoms. The molecule has 0 heterocycles. The fourth-order valence-corrected chi connectivity index (χ4v) is 1.30. The van der Waals surface area contributed by atoms with E-state index < -0.39 is 12.1 Å². The van der Waals surface area contributed by atoms with E-state index in [1.165, 1.54) is 0 Å². The first kappa shape index (κ1) is 12.1. The molecule has 0 saturated heterocycles. The van der Waals surface area contributed by atoms with E-state index in [1.54, 1.807) is 25.1 Å².